The van der Waals surface area contributed by atoms with E-state index in [9.17, 15) is 0 Å². The van der Waals surface area contributed by atoms with Crippen molar-refractivity contribution in [1.29, 1.82) is 0 Å². The van der Waals surface area contributed by atoms with Crippen LogP contribution in [0.3, 0.4) is 0 Å². The minimum atomic E-state index is 0.281. The van der Waals surface area contributed by atoms with Gasteiger partial charge in [0.2, 0.25) is 0 Å². The number of hydrogen-bond acceptors (Lipinski definition) is 3. The summed E-state index contributed by atoms with van der Waals surface area (Å²) in [5, 5.41) is 3.79. The second kappa shape index (κ2) is 7.75. The van der Waals surface area contributed by atoms with Crippen molar-refractivity contribution in [2.24, 2.45) is 0 Å². The highest BCUT2D eigenvalue weighted by molar-refractivity contribution is 7.11. The number of likely N-dealkylation sites (tertiary alicyclic amines) is 1. The molecule has 2 unspecified atom stereocenters. The van der Waals surface area contributed by atoms with Crippen molar-refractivity contribution in [1.82, 2.24) is 10.2 Å². The van der Waals surface area contributed by atoms with Crippen molar-refractivity contribution >= 4 is 11.3 Å². The number of hydrogen-bond donors (Lipinski definition) is 1. The first-order valence-electron chi connectivity index (χ1n) is 8.70. The zero-order valence-corrected chi connectivity index (χ0v) is 15.1. The lowest BCUT2D eigenvalue weighted by Crippen LogP contribution is -2.59. The summed E-state index contributed by atoms with van der Waals surface area (Å²) in [6.07, 6.45) is 6.28. The van der Waals surface area contributed by atoms with Crippen LogP contribution in [0.5, 0.6) is 0 Å². The second-order valence-electron chi connectivity index (χ2n) is 6.44. The first-order chi connectivity index (χ1) is 10.1. The molecule has 2 rings (SSSR count). The van der Waals surface area contributed by atoms with E-state index in [1.807, 2.05) is 11.3 Å². The number of thiophene rings is 1. The van der Waals surface area contributed by atoms with Crippen LogP contribution < -0.4 is 5.32 Å². The number of rotatable bonds is 8. The van der Waals surface area contributed by atoms with E-state index in [1.54, 1.807) is 0 Å². The summed E-state index contributed by atoms with van der Waals surface area (Å²) in [5.41, 5.74) is 0.281. The molecule has 1 aliphatic rings. The molecule has 1 aromatic rings. The number of nitrogens with one attached hydrogen (secondary N) is 1. The van der Waals surface area contributed by atoms with Crippen molar-refractivity contribution < 1.29 is 0 Å². The fourth-order valence-corrected chi connectivity index (χ4v) is 4.60. The van der Waals surface area contributed by atoms with Gasteiger partial charge in [-0.2, -0.15) is 0 Å². The molecule has 2 nitrogen and oxygen atoms in total. The lowest BCUT2D eigenvalue weighted by Gasteiger charge is -2.45. The monoisotopic (exact) mass is 308 g/mol. The van der Waals surface area contributed by atoms with Crippen LogP contribution in [0.2, 0.25) is 0 Å². The van der Waals surface area contributed by atoms with Crippen LogP contribution in [0.4, 0.5) is 0 Å². The topological polar surface area (TPSA) is 15.3 Å². The van der Waals surface area contributed by atoms with Gasteiger partial charge < -0.3 is 5.32 Å². The largest absolute Gasteiger partial charge is 0.312 e. The molecule has 0 radical (unpaired) electrons. The van der Waals surface area contributed by atoms with Crippen molar-refractivity contribution in [2.75, 3.05) is 19.6 Å². The third-order valence-corrected chi connectivity index (χ3v) is 6.47. The van der Waals surface area contributed by atoms with Gasteiger partial charge in [0.25, 0.3) is 0 Å². The molecule has 0 aromatic carbocycles. The number of aryl methyl sites for hydroxylation is 1. The summed E-state index contributed by atoms with van der Waals surface area (Å²) >= 11 is 2.00. The molecule has 0 amide bonds. The molecule has 1 saturated heterocycles. The Bertz CT molecular complexity index is 423. The van der Waals surface area contributed by atoms with E-state index >= 15 is 0 Å². The van der Waals surface area contributed by atoms with Crippen LogP contribution in [0, 0.1) is 0 Å². The molecule has 2 atom stereocenters. The van der Waals surface area contributed by atoms with Gasteiger partial charge >= 0.3 is 0 Å². The maximum atomic E-state index is 3.79. The average molecular weight is 309 g/mol. The van der Waals surface area contributed by atoms with Crippen molar-refractivity contribution in [3.05, 3.63) is 21.9 Å². The summed E-state index contributed by atoms with van der Waals surface area (Å²) in [7, 11) is 0. The minimum Gasteiger partial charge on any atom is -0.312 e. The van der Waals surface area contributed by atoms with Gasteiger partial charge in [-0.25, -0.2) is 0 Å². The van der Waals surface area contributed by atoms with E-state index in [-0.39, 0.29) is 5.54 Å². The summed E-state index contributed by atoms with van der Waals surface area (Å²) < 4.78 is 0. The minimum absolute atomic E-state index is 0.281. The fourth-order valence-electron chi connectivity index (χ4n) is 3.60. The molecule has 3 heteroatoms. The van der Waals surface area contributed by atoms with E-state index < -0.39 is 0 Å². The molecule has 1 aliphatic heterocycles. The molecular weight excluding hydrogens is 276 g/mol. The summed E-state index contributed by atoms with van der Waals surface area (Å²) in [5.74, 6) is 0. The molecule has 0 bridgehead atoms. The average Bonchev–Trinajstić information content (AvgIpc) is 3.17. The van der Waals surface area contributed by atoms with E-state index in [0.717, 1.165) is 13.0 Å². The molecule has 1 N–H and O–H groups in total. The smallest absolute Gasteiger partial charge is 0.0335 e. The van der Waals surface area contributed by atoms with Gasteiger partial charge in [0.15, 0.2) is 0 Å². The summed E-state index contributed by atoms with van der Waals surface area (Å²) in [4.78, 5) is 5.78. The van der Waals surface area contributed by atoms with Gasteiger partial charge in [0, 0.05) is 21.3 Å². The Morgan fingerprint density at radius 2 is 1.86 bits per heavy atom. The van der Waals surface area contributed by atoms with Crippen molar-refractivity contribution in [2.45, 2.75) is 71.4 Å². The molecule has 1 aromatic heterocycles. The molecule has 120 valence electrons. The Hall–Kier alpha value is -0.380. The van der Waals surface area contributed by atoms with Crippen LogP contribution >= 0.6 is 11.3 Å². The third kappa shape index (κ3) is 3.88. The van der Waals surface area contributed by atoms with E-state index in [4.69, 9.17) is 0 Å². The van der Waals surface area contributed by atoms with Gasteiger partial charge in [-0.15, -0.1) is 11.3 Å². The predicted octanol–water partition coefficient (Wildman–Crippen LogP) is 4.10. The van der Waals surface area contributed by atoms with Crippen molar-refractivity contribution in [3.8, 4) is 0 Å². The van der Waals surface area contributed by atoms with Crippen LogP contribution in [0.15, 0.2) is 12.1 Å². The Morgan fingerprint density at radius 1 is 1.19 bits per heavy atom. The van der Waals surface area contributed by atoms with Crippen LogP contribution in [0.25, 0.3) is 0 Å². The lowest BCUT2D eigenvalue weighted by atomic mass is 9.85. The molecule has 0 spiro atoms. The molecule has 1 fully saturated rings. The van der Waals surface area contributed by atoms with Gasteiger partial charge in [-0.3, -0.25) is 4.90 Å². The standard InChI is InChI=1S/C18H32N2S/c1-5-15-10-11-16(21-15)14-17(19-7-3)18(4,6-2)20-12-8-9-13-20/h10-11,17,19H,5-9,12-14H2,1-4H3. The maximum absolute atomic E-state index is 3.79. The molecular formula is C18H32N2S. The van der Waals surface area contributed by atoms with Gasteiger partial charge in [0.05, 0.1) is 0 Å². The normalized spacial score (nSPS) is 20.6. The SMILES string of the molecule is CCNC(Cc1ccc(CC)s1)C(C)(CC)N1CCCC1. The quantitative estimate of drug-likeness (QED) is 0.778. The highest BCUT2D eigenvalue weighted by Crippen LogP contribution is 2.31. The molecule has 2 heterocycles. The first-order valence-corrected chi connectivity index (χ1v) is 9.51. The van der Waals surface area contributed by atoms with Crippen LogP contribution in [-0.4, -0.2) is 36.1 Å². The van der Waals surface area contributed by atoms with Crippen LogP contribution in [0.1, 0.15) is 56.7 Å². The van der Waals surface area contributed by atoms with Crippen molar-refractivity contribution in [3.63, 3.8) is 0 Å². The predicted molar refractivity (Wildman–Crippen MR) is 94.4 cm³/mol. The fraction of sp³-hybridized carbons (Fsp3) is 0.778. The highest BCUT2D eigenvalue weighted by Gasteiger charge is 2.39. The highest BCUT2D eigenvalue weighted by atomic mass is 32.1. The van der Waals surface area contributed by atoms with Gasteiger partial charge in [-0.05, 0) is 70.8 Å². The first kappa shape index (κ1) is 17.0. The molecule has 0 saturated carbocycles. The zero-order valence-electron chi connectivity index (χ0n) is 14.2. The Balaban J connectivity index is 2.14. The van der Waals surface area contributed by atoms with E-state index in [1.165, 1.54) is 48.5 Å². The van der Waals surface area contributed by atoms with Gasteiger partial charge in [0.1, 0.15) is 0 Å². The Morgan fingerprint density at radius 3 is 2.38 bits per heavy atom. The number of nitrogens with zero attached hydrogens (tertiary/aromatic N) is 1. The number of likely N-dealkylation sites (N-methyl/N-ethyl adjacent to an activating group) is 1. The van der Waals surface area contributed by atoms with E-state index in [0.29, 0.717) is 6.04 Å². The van der Waals surface area contributed by atoms with E-state index in [2.05, 4.69) is 50.0 Å². The zero-order chi connectivity index (χ0) is 15.3. The van der Waals surface area contributed by atoms with Crippen LogP contribution in [-0.2, 0) is 12.8 Å². The lowest BCUT2D eigenvalue weighted by molar-refractivity contribution is 0.0850. The Labute approximate surface area is 134 Å². The molecule has 21 heavy (non-hydrogen) atoms. The summed E-state index contributed by atoms with van der Waals surface area (Å²) in [6.45, 7) is 12.9. The second-order valence-corrected chi connectivity index (χ2v) is 7.69. The summed E-state index contributed by atoms with van der Waals surface area (Å²) in [6, 6.07) is 5.20. The van der Waals surface area contributed by atoms with Gasteiger partial charge in [-0.1, -0.05) is 20.8 Å². The Kier molecular flexibility index (Phi) is 6.27. The third-order valence-electron chi connectivity index (χ3n) is 5.22. The molecule has 0 aliphatic carbocycles. The maximum Gasteiger partial charge on any atom is 0.0335 e.